The fourth-order valence-electron chi connectivity index (χ4n) is 4.10. The maximum Gasteiger partial charge on any atom is 0.281 e. The molecule has 3 heterocycles. The number of aromatic amines is 1. The minimum absolute atomic E-state index is 0.0202. The fraction of sp³-hybridized carbons (Fsp3) is 0.261. The van der Waals surface area contributed by atoms with Crippen molar-refractivity contribution < 1.29 is 9.18 Å². The summed E-state index contributed by atoms with van der Waals surface area (Å²) in [6, 6.07) is 13.2. The van der Waals surface area contributed by atoms with Gasteiger partial charge in [0, 0.05) is 35.2 Å². The SMILES string of the molecule is O=C(c1ccc(Cl)cc1)N1CCC(c2nc3c(nnn3Cc3ccccc3F)c(=O)[nH]2)CC1. The van der Waals surface area contributed by atoms with Gasteiger partial charge in [0.05, 0.1) is 6.54 Å². The summed E-state index contributed by atoms with van der Waals surface area (Å²) in [7, 11) is 0. The number of nitrogens with one attached hydrogen (secondary N) is 1. The Labute approximate surface area is 193 Å². The molecule has 0 radical (unpaired) electrons. The predicted molar refractivity (Wildman–Crippen MR) is 121 cm³/mol. The zero-order valence-corrected chi connectivity index (χ0v) is 18.3. The monoisotopic (exact) mass is 466 g/mol. The van der Waals surface area contributed by atoms with Gasteiger partial charge in [-0.3, -0.25) is 9.59 Å². The highest BCUT2D eigenvalue weighted by Crippen LogP contribution is 2.27. The number of H-pyrrole nitrogens is 1. The summed E-state index contributed by atoms with van der Waals surface area (Å²) in [4.78, 5) is 34.6. The lowest BCUT2D eigenvalue weighted by atomic mass is 9.95. The Morgan fingerprint density at radius 3 is 2.58 bits per heavy atom. The maximum atomic E-state index is 14.1. The molecule has 1 aliphatic heterocycles. The van der Waals surface area contributed by atoms with E-state index in [0.717, 1.165) is 0 Å². The van der Waals surface area contributed by atoms with Crippen LogP contribution in [0.4, 0.5) is 4.39 Å². The molecule has 33 heavy (non-hydrogen) atoms. The molecule has 4 aromatic rings. The number of nitrogens with zero attached hydrogens (tertiary/aromatic N) is 5. The first kappa shape index (κ1) is 21.3. The van der Waals surface area contributed by atoms with Crippen molar-refractivity contribution in [2.75, 3.05) is 13.1 Å². The van der Waals surface area contributed by atoms with Crippen LogP contribution in [-0.4, -0.2) is 48.9 Å². The summed E-state index contributed by atoms with van der Waals surface area (Å²) in [5.41, 5.74) is 1.08. The number of hydrogen-bond acceptors (Lipinski definition) is 5. The normalized spacial score (nSPS) is 14.7. The molecule has 0 unspecified atom stereocenters. The van der Waals surface area contributed by atoms with E-state index in [2.05, 4.69) is 20.3 Å². The van der Waals surface area contributed by atoms with E-state index < -0.39 is 0 Å². The molecule has 1 aliphatic rings. The van der Waals surface area contributed by atoms with Gasteiger partial charge in [0.25, 0.3) is 11.5 Å². The highest BCUT2D eigenvalue weighted by Gasteiger charge is 2.27. The summed E-state index contributed by atoms with van der Waals surface area (Å²) in [6.07, 6.45) is 1.31. The van der Waals surface area contributed by atoms with Crippen LogP contribution in [0.25, 0.3) is 11.2 Å². The van der Waals surface area contributed by atoms with Gasteiger partial charge in [0.2, 0.25) is 0 Å². The molecule has 0 atom stereocenters. The number of carbonyl (C=O) groups is 1. The molecule has 168 valence electrons. The first-order valence-electron chi connectivity index (χ1n) is 10.6. The van der Waals surface area contributed by atoms with Crippen molar-refractivity contribution in [1.82, 2.24) is 29.9 Å². The lowest BCUT2D eigenvalue weighted by Gasteiger charge is -2.31. The van der Waals surface area contributed by atoms with E-state index in [0.29, 0.717) is 53.6 Å². The molecule has 5 rings (SSSR count). The second-order valence-electron chi connectivity index (χ2n) is 8.04. The van der Waals surface area contributed by atoms with Crippen LogP contribution >= 0.6 is 11.6 Å². The Morgan fingerprint density at radius 1 is 1.12 bits per heavy atom. The van der Waals surface area contributed by atoms with Crippen LogP contribution in [0.3, 0.4) is 0 Å². The zero-order chi connectivity index (χ0) is 22.9. The number of rotatable bonds is 4. The topological polar surface area (TPSA) is 96.8 Å². The first-order valence-corrected chi connectivity index (χ1v) is 11.0. The fourth-order valence-corrected chi connectivity index (χ4v) is 4.23. The minimum Gasteiger partial charge on any atom is -0.339 e. The van der Waals surface area contributed by atoms with E-state index in [1.54, 1.807) is 47.4 Å². The third-order valence-electron chi connectivity index (χ3n) is 5.93. The summed E-state index contributed by atoms with van der Waals surface area (Å²) in [5, 5.41) is 8.52. The molecule has 0 saturated carbocycles. The Kier molecular flexibility index (Phi) is 5.63. The van der Waals surface area contributed by atoms with E-state index in [-0.39, 0.29) is 35.3 Å². The second-order valence-corrected chi connectivity index (χ2v) is 8.47. The van der Waals surface area contributed by atoms with Crippen molar-refractivity contribution in [1.29, 1.82) is 0 Å². The highest BCUT2D eigenvalue weighted by molar-refractivity contribution is 6.30. The molecule has 2 aromatic carbocycles. The van der Waals surface area contributed by atoms with Crippen molar-refractivity contribution in [3.05, 3.63) is 86.7 Å². The van der Waals surface area contributed by atoms with Gasteiger partial charge in [0.15, 0.2) is 11.2 Å². The molecule has 10 heteroatoms. The van der Waals surface area contributed by atoms with Crippen LogP contribution in [0.2, 0.25) is 5.02 Å². The van der Waals surface area contributed by atoms with Crippen LogP contribution < -0.4 is 5.56 Å². The Morgan fingerprint density at radius 2 is 1.85 bits per heavy atom. The van der Waals surface area contributed by atoms with Gasteiger partial charge in [-0.2, -0.15) is 0 Å². The number of benzene rings is 2. The molecule has 1 fully saturated rings. The van der Waals surface area contributed by atoms with E-state index in [1.165, 1.54) is 10.7 Å². The largest absolute Gasteiger partial charge is 0.339 e. The number of amides is 1. The van der Waals surface area contributed by atoms with Crippen LogP contribution in [0, 0.1) is 5.82 Å². The summed E-state index contributed by atoms with van der Waals surface area (Å²) in [6.45, 7) is 1.20. The first-order chi connectivity index (χ1) is 16.0. The van der Waals surface area contributed by atoms with E-state index in [1.807, 2.05) is 0 Å². The van der Waals surface area contributed by atoms with E-state index in [4.69, 9.17) is 11.6 Å². The standard InChI is InChI=1S/C23H20ClFN6O2/c24-17-7-5-15(6-8-17)23(33)30-11-9-14(10-12-30)20-26-21-19(22(32)27-20)28-29-31(21)13-16-3-1-2-4-18(16)25/h1-8,14H,9-13H2,(H,26,27,32). The number of likely N-dealkylation sites (tertiary alicyclic amines) is 1. The van der Waals surface area contributed by atoms with Crippen molar-refractivity contribution in [2.45, 2.75) is 25.3 Å². The van der Waals surface area contributed by atoms with Gasteiger partial charge < -0.3 is 9.88 Å². The van der Waals surface area contributed by atoms with Crippen molar-refractivity contribution in [3.63, 3.8) is 0 Å². The van der Waals surface area contributed by atoms with Gasteiger partial charge in [-0.25, -0.2) is 14.1 Å². The van der Waals surface area contributed by atoms with Crippen LogP contribution in [-0.2, 0) is 6.54 Å². The molecule has 1 N–H and O–H groups in total. The van der Waals surface area contributed by atoms with Gasteiger partial charge in [-0.15, -0.1) is 5.10 Å². The molecule has 0 bridgehead atoms. The number of halogens is 2. The smallest absolute Gasteiger partial charge is 0.281 e. The lowest BCUT2D eigenvalue weighted by molar-refractivity contribution is 0.0711. The summed E-state index contributed by atoms with van der Waals surface area (Å²) < 4.78 is 15.5. The predicted octanol–water partition coefficient (Wildman–Crippen LogP) is 3.38. The zero-order valence-electron chi connectivity index (χ0n) is 17.5. The van der Waals surface area contributed by atoms with E-state index in [9.17, 15) is 14.0 Å². The summed E-state index contributed by atoms with van der Waals surface area (Å²) >= 11 is 5.91. The van der Waals surface area contributed by atoms with Gasteiger partial charge in [-0.1, -0.05) is 35.0 Å². The van der Waals surface area contributed by atoms with Crippen molar-refractivity contribution >= 4 is 28.7 Å². The van der Waals surface area contributed by atoms with Crippen LogP contribution in [0.5, 0.6) is 0 Å². The number of hydrogen-bond donors (Lipinski definition) is 1. The van der Waals surface area contributed by atoms with Crippen molar-refractivity contribution in [3.8, 4) is 0 Å². The quantitative estimate of drug-likeness (QED) is 0.497. The highest BCUT2D eigenvalue weighted by atomic mass is 35.5. The van der Waals surface area contributed by atoms with Gasteiger partial charge >= 0.3 is 0 Å². The Balaban J connectivity index is 1.35. The average Bonchev–Trinajstić information content (AvgIpc) is 3.24. The molecular weight excluding hydrogens is 447 g/mol. The van der Waals surface area contributed by atoms with Crippen LogP contribution in [0.15, 0.2) is 53.3 Å². The molecular formula is C23H20ClFN6O2. The Bertz CT molecular complexity index is 1380. The molecule has 1 saturated heterocycles. The van der Waals surface area contributed by atoms with Gasteiger partial charge in [-0.05, 0) is 43.2 Å². The Hall–Kier alpha value is -3.59. The van der Waals surface area contributed by atoms with Gasteiger partial charge in [0.1, 0.15) is 11.6 Å². The molecule has 2 aromatic heterocycles. The summed E-state index contributed by atoms with van der Waals surface area (Å²) in [5.74, 6) is 0.106. The lowest BCUT2D eigenvalue weighted by Crippen LogP contribution is -2.38. The molecule has 8 nitrogen and oxygen atoms in total. The molecule has 0 spiro atoms. The number of carbonyl (C=O) groups excluding carboxylic acids is 1. The third-order valence-corrected chi connectivity index (χ3v) is 6.18. The number of piperidine rings is 1. The average molecular weight is 467 g/mol. The van der Waals surface area contributed by atoms with Crippen LogP contribution in [0.1, 0.15) is 40.5 Å². The third kappa shape index (κ3) is 4.23. The van der Waals surface area contributed by atoms with E-state index >= 15 is 0 Å². The molecule has 1 amide bonds. The number of fused-ring (bicyclic) bond motifs is 1. The number of aromatic nitrogens is 5. The molecule has 0 aliphatic carbocycles. The van der Waals surface area contributed by atoms with Crippen molar-refractivity contribution in [2.24, 2.45) is 0 Å². The second kappa shape index (κ2) is 8.74. The maximum absolute atomic E-state index is 14.1. The minimum atomic E-state index is -0.380.